The number of carbonyl (C=O) groups excluding carboxylic acids is 2. The molecule has 1 fully saturated rings. The van der Waals surface area contributed by atoms with E-state index in [1.807, 2.05) is 25.1 Å². The summed E-state index contributed by atoms with van der Waals surface area (Å²) in [7, 11) is 0. The summed E-state index contributed by atoms with van der Waals surface area (Å²) >= 11 is 0. The van der Waals surface area contributed by atoms with Crippen LogP contribution in [0.15, 0.2) is 24.3 Å². The van der Waals surface area contributed by atoms with E-state index in [4.69, 9.17) is 0 Å². The quantitative estimate of drug-likeness (QED) is 0.785. The molecule has 2 rings (SSSR count). The van der Waals surface area contributed by atoms with Crippen molar-refractivity contribution in [1.82, 2.24) is 15.1 Å². The first kappa shape index (κ1) is 16.3. The number of hydrogen-bond acceptors (Lipinski definition) is 2. The molecular formula is C17H25N3O2. The highest BCUT2D eigenvalue weighted by Gasteiger charge is 2.29. The largest absolute Gasteiger partial charge is 0.355 e. The second-order valence-electron chi connectivity index (χ2n) is 5.82. The SMILES string of the molecule is CCCCNC(=O)CN1CCN(Cc2cccc(C)c2)C1=O. The van der Waals surface area contributed by atoms with Crippen LogP contribution in [0.3, 0.4) is 0 Å². The molecule has 1 heterocycles. The number of aryl methyl sites for hydroxylation is 1. The molecule has 22 heavy (non-hydrogen) atoms. The fraction of sp³-hybridized carbons (Fsp3) is 0.529. The minimum absolute atomic E-state index is 0.0489. The van der Waals surface area contributed by atoms with Crippen LogP contribution >= 0.6 is 0 Å². The molecule has 5 heteroatoms. The van der Waals surface area contributed by atoms with Gasteiger partial charge in [-0.25, -0.2) is 4.79 Å². The van der Waals surface area contributed by atoms with Crippen LogP contribution < -0.4 is 5.32 Å². The van der Waals surface area contributed by atoms with Gasteiger partial charge in [-0.2, -0.15) is 0 Å². The Labute approximate surface area is 132 Å². The molecule has 1 aromatic rings. The Bertz CT molecular complexity index is 530. The average Bonchev–Trinajstić information content (AvgIpc) is 2.81. The molecule has 0 unspecified atom stereocenters. The fourth-order valence-corrected chi connectivity index (χ4v) is 2.59. The maximum absolute atomic E-state index is 12.3. The number of benzene rings is 1. The summed E-state index contributed by atoms with van der Waals surface area (Å²) < 4.78 is 0. The Kier molecular flexibility index (Phi) is 5.81. The number of hydrogen-bond donors (Lipinski definition) is 1. The highest BCUT2D eigenvalue weighted by Crippen LogP contribution is 2.14. The van der Waals surface area contributed by atoms with E-state index in [1.54, 1.807) is 9.80 Å². The van der Waals surface area contributed by atoms with E-state index < -0.39 is 0 Å². The number of unbranched alkanes of at least 4 members (excludes halogenated alkanes) is 1. The van der Waals surface area contributed by atoms with Crippen molar-refractivity contribution in [2.45, 2.75) is 33.2 Å². The fourth-order valence-electron chi connectivity index (χ4n) is 2.59. The lowest BCUT2D eigenvalue weighted by atomic mass is 10.1. The van der Waals surface area contributed by atoms with Crippen LogP contribution in [0.1, 0.15) is 30.9 Å². The minimum Gasteiger partial charge on any atom is -0.355 e. The van der Waals surface area contributed by atoms with Crippen LogP contribution in [0.4, 0.5) is 4.79 Å². The third-order valence-electron chi connectivity index (χ3n) is 3.82. The molecule has 0 radical (unpaired) electrons. The Morgan fingerprint density at radius 1 is 1.27 bits per heavy atom. The van der Waals surface area contributed by atoms with E-state index in [2.05, 4.69) is 18.3 Å². The molecule has 0 bridgehead atoms. The van der Waals surface area contributed by atoms with E-state index in [0.29, 0.717) is 26.2 Å². The number of nitrogens with zero attached hydrogens (tertiary/aromatic N) is 2. The molecule has 0 aliphatic carbocycles. The van der Waals surface area contributed by atoms with Gasteiger partial charge in [-0.1, -0.05) is 43.2 Å². The molecule has 0 aromatic heterocycles. The minimum atomic E-state index is -0.0702. The molecule has 0 spiro atoms. The van der Waals surface area contributed by atoms with Gasteiger partial charge in [0, 0.05) is 26.2 Å². The van der Waals surface area contributed by atoms with E-state index in [1.165, 1.54) is 5.56 Å². The Morgan fingerprint density at radius 3 is 2.77 bits per heavy atom. The zero-order valence-corrected chi connectivity index (χ0v) is 13.5. The number of rotatable bonds is 7. The highest BCUT2D eigenvalue weighted by molar-refractivity contribution is 5.85. The third kappa shape index (κ3) is 4.48. The van der Waals surface area contributed by atoms with Crippen molar-refractivity contribution < 1.29 is 9.59 Å². The molecule has 5 nitrogen and oxygen atoms in total. The van der Waals surface area contributed by atoms with Gasteiger partial charge in [0.15, 0.2) is 0 Å². The molecule has 0 saturated carbocycles. The van der Waals surface area contributed by atoms with E-state index in [9.17, 15) is 9.59 Å². The van der Waals surface area contributed by atoms with Crippen molar-refractivity contribution in [1.29, 1.82) is 0 Å². The Hall–Kier alpha value is -2.04. The van der Waals surface area contributed by atoms with Crippen LogP contribution in [-0.2, 0) is 11.3 Å². The first-order valence-corrected chi connectivity index (χ1v) is 7.96. The second kappa shape index (κ2) is 7.82. The number of urea groups is 1. The molecule has 120 valence electrons. The van der Waals surface area contributed by atoms with Crippen LogP contribution in [0.5, 0.6) is 0 Å². The van der Waals surface area contributed by atoms with Crippen molar-refractivity contribution in [3.8, 4) is 0 Å². The second-order valence-corrected chi connectivity index (χ2v) is 5.82. The molecular weight excluding hydrogens is 278 g/mol. The summed E-state index contributed by atoms with van der Waals surface area (Å²) in [6.07, 6.45) is 2.02. The van der Waals surface area contributed by atoms with Crippen LogP contribution in [0, 0.1) is 6.92 Å². The van der Waals surface area contributed by atoms with Gasteiger partial charge >= 0.3 is 6.03 Å². The average molecular weight is 303 g/mol. The predicted molar refractivity (Wildman–Crippen MR) is 86.5 cm³/mol. The molecule has 0 atom stereocenters. The lowest BCUT2D eigenvalue weighted by molar-refractivity contribution is -0.121. The summed E-state index contributed by atoms with van der Waals surface area (Å²) in [6.45, 7) is 6.87. The topological polar surface area (TPSA) is 52.7 Å². The lowest BCUT2D eigenvalue weighted by Gasteiger charge is -2.18. The zero-order chi connectivity index (χ0) is 15.9. The standard InChI is InChI=1S/C17H25N3O2/c1-3-4-8-18-16(21)13-20-10-9-19(17(20)22)12-15-7-5-6-14(2)11-15/h5-7,11H,3-4,8-10,12-13H2,1-2H3,(H,18,21). The first-order chi connectivity index (χ1) is 10.6. The van der Waals surface area contributed by atoms with Gasteiger partial charge in [0.25, 0.3) is 0 Å². The summed E-state index contributed by atoms with van der Waals surface area (Å²) in [4.78, 5) is 27.6. The van der Waals surface area contributed by atoms with Gasteiger partial charge in [-0.05, 0) is 18.9 Å². The zero-order valence-electron chi connectivity index (χ0n) is 13.5. The molecule has 1 aliphatic heterocycles. The van der Waals surface area contributed by atoms with Gasteiger partial charge in [-0.3, -0.25) is 4.79 Å². The van der Waals surface area contributed by atoms with Gasteiger partial charge in [0.2, 0.25) is 5.91 Å². The summed E-state index contributed by atoms with van der Waals surface area (Å²) in [5, 5.41) is 2.85. The van der Waals surface area contributed by atoms with Gasteiger partial charge < -0.3 is 15.1 Å². The van der Waals surface area contributed by atoms with E-state index in [-0.39, 0.29) is 18.5 Å². The van der Waals surface area contributed by atoms with E-state index >= 15 is 0 Å². The number of nitrogens with one attached hydrogen (secondary N) is 1. The van der Waals surface area contributed by atoms with Crippen molar-refractivity contribution in [2.24, 2.45) is 0 Å². The number of carbonyl (C=O) groups is 2. The van der Waals surface area contributed by atoms with Crippen molar-refractivity contribution in [2.75, 3.05) is 26.2 Å². The molecule has 3 amide bonds. The van der Waals surface area contributed by atoms with Gasteiger partial charge in [-0.15, -0.1) is 0 Å². The van der Waals surface area contributed by atoms with Crippen LogP contribution in [0.2, 0.25) is 0 Å². The predicted octanol–water partition coefficient (Wildman–Crippen LogP) is 2.15. The van der Waals surface area contributed by atoms with Crippen molar-refractivity contribution in [3.05, 3.63) is 35.4 Å². The van der Waals surface area contributed by atoms with Gasteiger partial charge in [0.05, 0.1) is 0 Å². The first-order valence-electron chi connectivity index (χ1n) is 7.96. The summed E-state index contributed by atoms with van der Waals surface area (Å²) in [5.41, 5.74) is 2.32. The molecule has 1 N–H and O–H groups in total. The molecule has 1 aliphatic rings. The highest BCUT2D eigenvalue weighted by atomic mass is 16.2. The summed E-state index contributed by atoms with van der Waals surface area (Å²) in [5.74, 6) is -0.0702. The maximum atomic E-state index is 12.3. The van der Waals surface area contributed by atoms with Crippen LogP contribution in [-0.4, -0.2) is 47.9 Å². The smallest absolute Gasteiger partial charge is 0.320 e. The monoisotopic (exact) mass is 303 g/mol. The van der Waals surface area contributed by atoms with Crippen LogP contribution in [0.25, 0.3) is 0 Å². The summed E-state index contributed by atoms with van der Waals surface area (Å²) in [6, 6.07) is 8.12. The lowest BCUT2D eigenvalue weighted by Crippen LogP contribution is -2.40. The Balaban J connectivity index is 1.83. The third-order valence-corrected chi connectivity index (χ3v) is 3.82. The Morgan fingerprint density at radius 2 is 2.05 bits per heavy atom. The van der Waals surface area contributed by atoms with Gasteiger partial charge in [0.1, 0.15) is 6.54 Å². The maximum Gasteiger partial charge on any atom is 0.320 e. The van der Waals surface area contributed by atoms with E-state index in [0.717, 1.165) is 18.4 Å². The van der Waals surface area contributed by atoms with Crippen molar-refractivity contribution in [3.63, 3.8) is 0 Å². The molecule has 1 aromatic carbocycles. The van der Waals surface area contributed by atoms with Crippen molar-refractivity contribution >= 4 is 11.9 Å². The normalized spacial score (nSPS) is 14.5. The molecule has 1 saturated heterocycles. The number of amides is 3.